The molecule has 0 spiro atoms. The molecule has 0 saturated carbocycles. The molecule has 0 fully saturated rings. The van der Waals surface area contributed by atoms with Crippen molar-refractivity contribution >= 4 is 106 Å². The first-order valence-corrected chi connectivity index (χ1v) is 30.4. The summed E-state index contributed by atoms with van der Waals surface area (Å²) in [6.07, 6.45) is 0. The van der Waals surface area contributed by atoms with Crippen LogP contribution in [0.3, 0.4) is 0 Å². The summed E-state index contributed by atoms with van der Waals surface area (Å²) in [7, 11) is 0. The van der Waals surface area contributed by atoms with Crippen LogP contribution in [-0.2, 0) is 19.5 Å². The molecule has 6 aromatic rings. The fourth-order valence-corrected chi connectivity index (χ4v) is 47.4. The summed E-state index contributed by atoms with van der Waals surface area (Å²) in [5.74, 6) is 0. The Hall–Kier alpha value is -0.242. The zero-order valence-corrected chi connectivity index (χ0v) is 36.2. The summed E-state index contributed by atoms with van der Waals surface area (Å²) in [5.41, 5.74) is 9.72. The van der Waals surface area contributed by atoms with Gasteiger partial charge in [-0.25, -0.2) is 0 Å². The van der Waals surface area contributed by atoms with E-state index in [0.717, 1.165) is 0 Å². The third-order valence-corrected chi connectivity index (χ3v) is 37.9. The van der Waals surface area contributed by atoms with Gasteiger partial charge in [0.2, 0.25) is 0 Å². The van der Waals surface area contributed by atoms with Crippen molar-refractivity contribution in [2.75, 3.05) is 0 Å². The number of aryl methyl sites for hydroxylation is 6. The zero-order valence-electron chi connectivity index (χ0n) is 26.1. The number of hydrogen-bond acceptors (Lipinski definition) is 6. The van der Waals surface area contributed by atoms with Crippen LogP contribution in [0.25, 0.3) is 0 Å². The first kappa shape index (κ1) is 29.7. The summed E-state index contributed by atoms with van der Waals surface area (Å²) in [6.45, 7) is 19.2. The van der Waals surface area contributed by atoms with Gasteiger partial charge in [0.1, 0.15) is 0 Å². The summed E-state index contributed by atoms with van der Waals surface area (Å²) < 4.78 is 0.155. The van der Waals surface area contributed by atoms with Crippen LogP contribution < -0.4 is 0 Å². The predicted molar refractivity (Wildman–Crippen MR) is 202 cm³/mol. The molecule has 228 valence electrons. The van der Waals surface area contributed by atoms with Gasteiger partial charge in [-0.1, -0.05) is 0 Å². The normalized spacial score (nSPS) is 27.7. The second-order valence-corrected chi connectivity index (χ2v) is 37.4. The van der Waals surface area contributed by atoms with Crippen LogP contribution in [0.2, 0.25) is 0 Å². The van der Waals surface area contributed by atoms with Crippen LogP contribution in [0.5, 0.6) is 0 Å². The minimum absolute atomic E-state index is 0.0116. The molecule has 4 bridgehead atoms. The number of rotatable bonds is 4. The molecule has 0 radical (unpaired) electrons. The predicted octanol–water partition coefficient (Wildman–Crippen LogP) is 10.1. The van der Waals surface area contributed by atoms with E-state index in [1.807, 2.05) is 0 Å². The molecule has 6 aliphatic rings. The molecule has 0 unspecified atom stereocenters. The van der Waals surface area contributed by atoms with Crippen molar-refractivity contribution in [1.82, 2.24) is 0 Å². The van der Waals surface area contributed by atoms with E-state index in [1.54, 1.807) is 62.6 Å². The molecule has 0 N–H and O–H groups in total. The Labute approximate surface area is 305 Å². The summed E-state index contributed by atoms with van der Waals surface area (Å²) in [5, 5.41) is 0. The van der Waals surface area contributed by atoms with Crippen molar-refractivity contribution in [3.63, 3.8) is 0 Å². The molecular formula is C36H30S6Se3. The Morgan fingerprint density at radius 3 is 0.778 bits per heavy atom. The molecule has 6 aliphatic carbocycles. The van der Waals surface area contributed by atoms with Gasteiger partial charge in [0.25, 0.3) is 0 Å². The van der Waals surface area contributed by atoms with Gasteiger partial charge in [0.05, 0.1) is 0 Å². The Kier molecular flexibility index (Phi) is 6.13. The van der Waals surface area contributed by atoms with E-state index in [4.69, 9.17) is 0 Å². The number of hydrogen-bond donors (Lipinski definition) is 0. The van der Waals surface area contributed by atoms with E-state index in [-0.39, 0.29) is 19.5 Å². The molecule has 0 atom stereocenters. The van der Waals surface area contributed by atoms with Gasteiger partial charge in [-0.15, -0.1) is 0 Å². The second kappa shape index (κ2) is 9.30. The van der Waals surface area contributed by atoms with E-state index in [9.17, 15) is 0 Å². The van der Waals surface area contributed by atoms with Gasteiger partial charge in [0, 0.05) is 0 Å². The van der Waals surface area contributed by atoms with Gasteiger partial charge in [-0.3, -0.25) is 0 Å². The number of thiophene rings is 6. The Bertz CT molecular complexity index is 1880. The van der Waals surface area contributed by atoms with E-state index >= 15 is 0 Å². The molecule has 12 rings (SSSR count). The third-order valence-electron chi connectivity index (χ3n) is 10.6. The Morgan fingerprint density at radius 2 is 0.578 bits per heavy atom. The van der Waals surface area contributed by atoms with Gasteiger partial charge >= 0.3 is 309 Å². The van der Waals surface area contributed by atoms with E-state index < -0.39 is 0 Å². The maximum absolute atomic E-state index is 2.57. The molecular weight excluding hydrogens is 862 g/mol. The van der Waals surface area contributed by atoms with Gasteiger partial charge in [-0.2, -0.15) is 0 Å². The first-order valence-electron chi connectivity index (χ1n) is 15.2. The van der Waals surface area contributed by atoms with E-state index in [2.05, 4.69) is 160 Å². The molecule has 0 nitrogen and oxygen atoms in total. The second-order valence-electron chi connectivity index (χ2n) is 13.4. The SMILES string of the molecule is Cc1cc2c(s1)C1([Se][Se][Se]C34c5sc(C)cc5C(C)(c5cc(C)sc53)c3cc(C)sc34)c3sc(C)cc3C2(C)c2cc(C)sc21. The molecule has 6 heterocycles. The molecule has 45 heavy (non-hydrogen) atoms. The van der Waals surface area contributed by atoms with Crippen molar-refractivity contribution in [3.8, 4) is 0 Å². The molecule has 0 aliphatic heterocycles. The molecule has 6 aromatic heterocycles. The monoisotopic (exact) mass is 894 g/mol. The van der Waals surface area contributed by atoms with Crippen LogP contribution in [-0.4, -0.2) is 37.6 Å². The van der Waals surface area contributed by atoms with Crippen LogP contribution in [0.15, 0.2) is 36.4 Å². The molecule has 0 amide bonds. The minimum atomic E-state index is -0.0116. The summed E-state index contributed by atoms with van der Waals surface area (Å²) >= 11 is 14.2. The topological polar surface area (TPSA) is 0 Å². The van der Waals surface area contributed by atoms with Crippen LogP contribution in [0, 0.1) is 41.5 Å². The van der Waals surface area contributed by atoms with Crippen LogP contribution >= 0.6 is 68.0 Å². The first-order chi connectivity index (χ1) is 21.4. The van der Waals surface area contributed by atoms with Crippen LogP contribution in [0.4, 0.5) is 0 Å². The van der Waals surface area contributed by atoms with E-state index in [0.29, 0.717) is 37.6 Å². The summed E-state index contributed by atoms with van der Waals surface area (Å²) in [6, 6.07) is 15.4. The van der Waals surface area contributed by atoms with Crippen molar-refractivity contribution in [3.05, 3.63) is 128 Å². The van der Waals surface area contributed by atoms with Crippen molar-refractivity contribution in [1.29, 1.82) is 0 Å². The fraction of sp³-hybridized carbons (Fsp3) is 0.333. The zero-order chi connectivity index (χ0) is 31.0. The van der Waals surface area contributed by atoms with Gasteiger partial charge < -0.3 is 0 Å². The van der Waals surface area contributed by atoms with Gasteiger partial charge in [-0.05, 0) is 0 Å². The molecule has 0 aromatic carbocycles. The fourth-order valence-electron chi connectivity index (χ4n) is 8.72. The van der Waals surface area contributed by atoms with Crippen LogP contribution in [0.1, 0.15) is 106 Å². The molecule has 9 heteroatoms. The van der Waals surface area contributed by atoms with Crippen molar-refractivity contribution in [2.45, 2.75) is 74.8 Å². The van der Waals surface area contributed by atoms with E-state index in [1.165, 1.54) is 29.3 Å². The Balaban J connectivity index is 1.18. The third kappa shape index (κ3) is 3.31. The van der Waals surface area contributed by atoms with Crippen molar-refractivity contribution in [2.24, 2.45) is 0 Å². The average Bonchev–Trinajstić information content (AvgIpc) is 3.80. The summed E-state index contributed by atoms with van der Waals surface area (Å²) in [4.78, 5) is 19.1. The van der Waals surface area contributed by atoms with Gasteiger partial charge in [0.15, 0.2) is 0 Å². The molecule has 0 saturated heterocycles. The van der Waals surface area contributed by atoms with Crippen molar-refractivity contribution < 1.29 is 0 Å². The maximum atomic E-state index is 2.57. The Morgan fingerprint density at radius 1 is 0.378 bits per heavy atom. The average molecular weight is 892 g/mol. The quantitative estimate of drug-likeness (QED) is 0.155. The standard InChI is InChI=1S/C36H30S6Se3/c1-15-9-21-27(37-15)35(28-22(10-16(2)38-28)33(21,7)23-11-17(3)39-29(23)35)43-45-44-36-30-24(12-18(4)40-30)34(8,25-13-19(5)41-31(25)36)26-14-20(6)42-32(26)36/h9-14H,1-8H3.